The van der Waals surface area contributed by atoms with Crippen LogP contribution in [0.1, 0.15) is 42.1 Å². The van der Waals surface area contributed by atoms with Crippen LogP contribution >= 0.6 is 11.3 Å². The fraction of sp³-hybridized carbons (Fsp3) is 0.714. The van der Waals surface area contributed by atoms with Crippen LogP contribution in [0, 0.1) is 6.92 Å². The monoisotopic (exact) mass is 298 g/mol. The summed E-state index contributed by atoms with van der Waals surface area (Å²) in [5.41, 5.74) is 0.457. The summed E-state index contributed by atoms with van der Waals surface area (Å²) in [7, 11) is 0. The number of hydrogen-bond acceptors (Lipinski definition) is 6. The van der Waals surface area contributed by atoms with E-state index in [0.29, 0.717) is 18.4 Å². The number of carbonyl (C=O) groups excluding carboxylic acids is 1. The number of nitrogens with zero attached hydrogens (tertiary/aromatic N) is 2. The van der Waals surface area contributed by atoms with E-state index < -0.39 is 0 Å². The summed E-state index contributed by atoms with van der Waals surface area (Å²) in [6.45, 7) is 8.76. The first kappa shape index (κ1) is 15.3. The van der Waals surface area contributed by atoms with Crippen molar-refractivity contribution >= 4 is 22.4 Å². The summed E-state index contributed by atoms with van der Waals surface area (Å²) in [6.07, 6.45) is 2.39. The fourth-order valence-electron chi connectivity index (χ4n) is 2.36. The van der Waals surface area contributed by atoms with Crippen molar-refractivity contribution in [3.63, 3.8) is 0 Å². The maximum atomic E-state index is 11.8. The van der Waals surface area contributed by atoms with Crippen LogP contribution in [0.25, 0.3) is 0 Å². The van der Waals surface area contributed by atoms with Crippen LogP contribution in [-0.4, -0.2) is 43.4 Å². The maximum Gasteiger partial charge on any atom is 0.358 e. The lowest BCUT2D eigenvalue weighted by molar-refractivity contribution is 0.0458. The number of rotatable bonds is 5. The minimum Gasteiger partial charge on any atom is -0.461 e. The largest absolute Gasteiger partial charge is 0.461 e. The van der Waals surface area contributed by atoms with E-state index in [1.54, 1.807) is 18.3 Å². The lowest BCUT2D eigenvalue weighted by Gasteiger charge is -2.31. The van der Waals surface area contributed by atoms with E-state index in [-0.39, 0.29) is 5.97 Å². The minimum atomic E-state index is -0.322. The van der Waals surface area contributed by atoms with E-state index in [4.69, 9.17) is 9.47 Å². The molecule has 1 aromatic rings. The van der Waals surface area contributed by atoms with Gasteiger partial charge in [0.25, 0.3) is 0 Å². The van der Waals surface area contributed by atoms with Crippen molar-refractivity contribution in [1.82, 2.24) is 4.98 Å². The number of thiazole rings is 1. The highest BCUT2D eigenvalue weighted by molar-refractivity contribution is 7.15. The Bertz CT molecular complexity index is 453. The van der Waals surface area contributed by atoms with Gasteiger partial charge in [-0.1, -0.05) is 0 Å². The van der Waals surface area contributed by atoms with Gasteiger partial charge in [-0.2, -0.15) is 0 Å². The van der Waals surface area contributed by atoms with Crippen LogP contribution in [-0.2, 0) is 9.47 Å². The summed E-state index contributed by atoms with van der Waals surface area (Å²) < 4.78 is 10.7. The number of esters is 1. The Morgan fingerprint density at radius 1 is 1.35 bits per heavy atom. The zero-order valence-corrected chi connectivity index (χ0v) is 13.2. The lowest BCUT2D eigenvalue weighted by Crippen LogP contribution is -2.37. The maximum absolute atomic E-state index is 11.8. The summed E-state index contributed by atoms with van der Waals surface area (Å²) in [5, 5.41) is 0.917. The van der Waals surface area contributed by atoms with Crippen molar-refractivity contribution in [2.24, 2.45) is 0 Å². The zero-order valence-electron chi connectivity index (χ0n) is 12.3. The molecule has 6 heteroatoms. The molecule has 0 unspecified atom stereocenters. The lowest BCUT2D eigenvalue weighted by atomic mass is 10.1. The molecule has 5 nitrogen and oxygen atoms in total. The average molecular weight is 298 g/mol. The summed E-state index contributed by atoms with van der Waals surface area (Å²) in [6, 6.07) is 0. The number of hydrogen-bond donors (Lipinski definition) is 0. The first-order chi connectivity index (χ1) is 9.65. The molecule has 2 heterocycles. The zero-order chi connectivity index (χ0) is 14.5. The summed E-state index contributed by atoms with van der Waals surface area (Å²) in [4.78, 5) is 19.4. The summed E-state index contributed by atoms with van der Waals surface area (Å²) >= 11 is 1.56. The van der Waals surface area contributed by atoms with Gasteiger partial charge in [-0.05, 0) is 33.6 Å². The van der Waals surface area contributed by atoms with Crippen molar-refractivity contribution in [3.8, 4) is 0 Å². The molecule has 0 bridgehead atoms. The molecule has 1 aliphatic heterocycles. The second-order valence-corrected chi connectivity index (χ2v) is 5.95. The molecule has 112 valence electrons. The van der Waals surface area contributed by atoms with Gasteiger partial charge >= 0.3 is 5.97 Å². The number of aryl methyl sites for hydroxylation is 1. The highest BCUT2D eigenvalue weighted by atomic mass is 32.1. The predicted molar refractivity (Wildman–Crippen MR) is 79.7 cm³/mol. The van der Waals surface area contributed by atoms with Crippen molar-refractivity contribution in [3.05, 3.63) is 10.6 Å². The van der Waals surface area contributed by atoms with Crippen LogP contribution in [0.5, 0.6) is 0 Å². The molecule has 1 aromatic heterocycles. The van der Waals surface area contributed by atoms with Crippen molar-refractivity contribution in [2.45, 2.75) is 39.7 Å². The van der Waals surface area contributed by atoms with Gasteiger partial charge in [-0.3, -0.25) is 0 Å². The first-order valence-electron chi connectivity index (χ1n) is 7.16. The van der Waals surface area contributed by atoms with E-state index in [0.717, 1.165) is 42.5 Å². The smallest absolute Gasteiger partial charge is 0.358 e. The van der Waals surface area contributed by atoms with Crippen LogP contribution in [0.15, 0.2) is 0 Å². The molecule has 0 aromatic carbocycles. The Hall–Kier alpha value is -1.14. The average Bonchev–Trinajstić information content (AvgIpc) is 2.82. The van der Waals surface area contributed by atoms with Crippen molar-refractivity contribution in [1.29, 1.82) is 0 Å². The molecular weight excluding hydrogens is 276 g/mol. The van der Waals surface area contributed by atoms with Crippen LogP contribution in [0.4, 0.5) is 5.13 Å². The van der Waals surface area contributed by atoms with Gasteiger partial charge in [0, 0.05) is 24.6 Å². The third-order valence-corrected chi connectivity index (χ3v) is 4.40. The molecule has 2 rings (SSSR count). The molecule has 1 saturated heterocycles. The van der Waals surface area contributed by atoms with Crippen LogP contribution < -0.4 is 4.90 Å². The Labute approximate surface area is 123 Å². The molecule has 0 saturated carbocycles. The SMILES string of the molecule is CCOC(=O)c1nc(N2CCC(OCC)CC2)sc1C. The molecule has 0 N–H and O–H groups in total. The molecule has 0 atom stereocenters. The Morgan fingerprint density at radius 3 is 2.65 bits per heavy atom. The molecule has 0 spiro atoms. The van der Waals surface area contributed by atoms with Crippen molar-refractivity contribution in [2.75, 3.05) is 31.2 Å². The highest BCUT2D eigenvalue weighted by Gasteiger charge is 2.24. The quantitative estimate of drug-likeness (QED) is 0.782. The van der Waals surface area contributed by atoms with Gasteiger partial charge in [0.15, 0.2) is 10.8 Å². The van der Waals surface area contributed by atoms with Gasteiger partial charge in [-0.15, -0.1) is 11.3 Å². The van der Waals surface area contributed by atoms with Crippen molar-refractivity contribution < 1.29 is 14.3 Å². The van der Waals surface area contributed by atoms with Gasteiger partial charge in [0.1, 0.15) is 0 Å². The molecule has 20 heavy (non-hydrogen) atoms. The van der Waals surface area contributed by atoms with Crippen LogP contribution in [0.2, 0.25) is 0 Å². The highest BCUT2D eigenvalue weighted by Crippen LogP contribution is 2.29. The van der Waals surface area contributed by atoms with E-state index >= 15 is 0 Å². The van der Waals surface area contributed by atoms with Gasteiger partial charge in [-0.25, -0.2) is 9.78 Å². The number of carbonyl (C=O) groups is 1. The molecule has 0 aliphatic carbocycles. The Kier molecular flexibility index (Phi) is 5.37. The van der Waals surface area contributed by atoms with E-state index in [1.165, 1.54) is 0 Å². The van der Waals surface area contributed by atoms with E-state index in [1.807, 2.05) is 13.8 Å². The summed E-state index contributed by atoms with van der Waals surface area (Å²) in [5.74, 6) is -0.322. The molecule has 0 amide bonds. The number of ether oxygens (including phenoxy) is 2. The van der Waals surface area contributed by atoms with Crippen LogP contribution in [0.3, 0.4) is 0 Å². The third kappa shape index (κ3) is 3.49. The first-order valence-corrected chi connectivity index (χ1v) is 7.98. The van der Waals surface area contributed by atoms with Gasteiger partial charge < -0.3 is 14.4 Å². The minimum absolute atomic E-state index is 0.322. The molecule has 0 radical (unpaired) electrons. The second kappa shape index (κ2) is 7.04. The Balaban J connectivity index is 2.00. The second-order valence-electron chi connectivity index (χ2n) is 4.76. The predicted octanol–water partition coefficient (Wildman–Crippen LogP) is 2.63. The fourth-order valence-corrected chi connectivity index (χ4v) is 3.30. The number of aromatic nitrogens is 1. The molecule has 1 aliphatic rings. The normalized spacial score (nSPS) is 16.4. The Morgan fingerprint density at radius 2 is 2.05 bits per heavy atom. The topological polar surface area (TPSA) is 51.7 Å². The van der Waals surface area contributed by atoms with Gasteiger partial charge in [0.2, 0.25) is 0 Å². The standard InChI is InChI=1S/C14H22N2O3S/c1-4-18-11-6-8-16(9-7-11)14-15-12(10(3)20-14)13(17)19-5-2/h11H,4-9H2,1-3H3. The number of anilines is 1. The number of piperidine rings is 1. The molecule has 1 fully saturated rings. The third-order valence-electron chi connectivity index (χ3n) is 3.37. The molecular formula is C14H22N2O3S. The van der Waals surface area contributed by atoms with E-state index in [9.17, 15) is 4.79 Å². The van der Waals surface area contributed by atoms with E-state index in [2.05, 4.69) is 9.88 Å². The van der Waals surface area contributed by atoms with Gasteiger partial charge in [0.05, 0.1) is 12.7 Å².